The fraction of sp³-hybridized carbons (Fsp3) is 0.500. The number of carbonyl (C=O) groups excluding carboxylic acids is 2. The lowest BCUT2D eigenvalue weighted by atomic mass is 9.69. The first-order valence-corrected chi connectivity index (χ1v) is 8.88. The van der Waals surface area contributed by atoms with E-state index in [0.29, 0.717) is 12.8 Å². The highest BCUT2D eigenvalue weighted by molar-refractivity contribution is 5.87. The molecule has 0 amide bonds. The van der Waals surface area contributed by atoms with E-state index in [1.165, 1.54) is 0 Å². The standard InChI is InChI=1S/C20H20O6/c1-18-7-4-3-5-13(18)16(21)25-15(18)10-20-17(22)24-14(9-19(20,2)26-20)12-6-8-23-11-12/h3-8,11,13-15H,9-10H2,1-2H3. The Labute approximate surface area is 150 Å². The lowest BCUT2D eigenvalue weighted by Gasteiger charge is -2.34. The Balaban J connectivity index is 1.40. The third kappa shape index (κ3) is 1.91. The molecule has 0 saturated carbocycles. The smallest absolute Gasteiger partial charge is 0.342 e. The molecule has 6 nitrogen and oxygen atoms in total. The van der Waals surface area contributed by atoms with E-state index in [1.54, 1.807) is 18.6 Å². The molecule has 6 atom stereocenters. The average Bonchev–Trinajstić information content (AvgIpc) is 2.92. The minimum absolute atomic E-state index is 0.252. The van der Waals surface area contributed by atoms with Crippen molar-refractivity contribution in [3.05, 3.63) is 48.5 Å². The Bertz CT molecular complexity index is 838. The van der Waals surface area contributed by atoms with E-state index in [1.807, 2.05) is 38.2 Å². The Morgan fingerprint density at radius 3 is 2.77 bits per heavy atom. The summed E-state index contributed by atoms with van der Waals surface area (Å²) in [5.74, 6) is -0.967. The van der Waals surface area contributed by atoms with E-state index >= 15 is 0 Å². The zero-order valence-electron chi connectivity index (χ0n) is 14.6. The van der Waals surface area contributed by atoms with Crippen LogP contribution in [0.2, 0.25) is 0 Å². The van der Waals surface area contributed by atoms with Gasteiger partial charge in [0, 0.05) is 23.8 Å². The lowest BCUT2D eigenvalue weighted by molar-refractivity contribution is -0.162. The summed E-state index contributed by atoms with van der Waals surface area (Å²) < 4.78 is 22.4. The monoisotopic (exact) mass is 356 g/mol. The molecule has 3 saturated heterocycles. The number of esters is 2. The minimum Gasteiger partial charge on any atom is -0.472 e. The number of hydrogen-bond acceptors (Lipinski definition) is 6. The molecule has 26 heavy (non-hydrogen) atoms. The summed E-state index contributed by atoms with van der Waals surface area (Å²) in [4.78, 5) is 25.1. The van der Waals surface area contributed by atoms with Gasteiger partial charge in [0.05, 0.1) is 18.4 Å². The van der Waals surface area contributed by atoms with Crippen LogP contribution in [0, 0.1) is 11.3 Å². The summed E-state index contributed by atoms with van der Waals surface area (Å²) in [6, 6.07) is 1.79. The largest absolute Gasteiger partial charge is 0.472 e. The predicted octanol–water partition coefficient (Wildman–Crippen LogP) is 2.86. The maximum atomic E-state index is 12.9. The van der Waals surface area contributed by atoms with Gasteiger partial charge in [-0.15, -0.1) is 0 Å². The number of hydrogen-bond donors (Lipinski definition) is 0. The van der Waals surface area contributed by atoms with E-state index in [0.717, 1.165) is 5.56 Å². The first kappa shape index (κ1) is 15.9. The molecule has 0 spiro atoms. The molecule has 1 aromatic heterocycles. The summed E-state index contributed by atoms with van der Waals surface area (Å²) in [5.41, 5.74) is -1.33. The van der Waals surface area contributed by atoms with Crippen molar-refractivity contribution in [3.8, 4) is 0 Å². The highest BCUT2D eigenvalue weighted by Crippen LogP contribution is 2.62. The van der Waals surface area contributed by atoms with Crippen molar-refractivity contribution in [2.24, 2.45) is 11.3 Å². The molecule has 136 valence electrons. The molecule has 1 aromatic rings. The molecule has 3 aliphatic heterocycles. The topological polar surface area (TPSA) is 78.3 Å². The molecule has 5 rings (SSSR count). The number of rotatable bonds is 3. The summed E-state index contributed by atoms with van der Waals surface area (Å²) in [6.45, 7) is 3.92. The Morgan fingerprint density at radius 2 is 2.04 bits per heavy atom. The van der Waals surface area contributed by atoms with Crippen molar-refractivity contribution in [1.82, 2.24) is 0 Å². The number of cyclic esters (lactones) is 2. The van der Waals surface area contributed by atoms with Crippen LogP contribution in [0.4, 0.5) is 0 Å². The SMILES string of the molecule is CC12C=CC=CC1C(=O)OC2CC12OC1(C)CC(c1ccoc1)OC2=O. The van der Waals surface area contributed by atoms with Crippen LogP contribution in [0.1, 0.15) is 38.4 Å². The third-order valence-electron chi connectivity index (χ3n) is 6.50. The van der Waals surface area contributed by atoms with Gasteiger partial charge in [-0.25, -0.2) is 4.79 Å². The Morgan fingerprint density at radius 1 is 1.19 bits per heavy atom. The molecule has 1 aliphatic carbocycles. The van der Waals surface area contributed by atoms with E-state index < -0.39 is 28.7 Å². The molecule has 0 N–H and O–H groups in total. The summed E-state index contributed by atoms with van der Waals surface area (Å²) in [7, 11) is 0. The molecule has 4 aliphatic rings. The van der Waals surface area contributed by atoms with E-state index in [-0.39, 0.29) is 18.0 Å². The van der Waals surface area contributed by atoms with Crippen molar-refractivity contribution in [2.45, 2.75) is 50.1 Å². The Hall–Kier alpha value is -2.34. The maximum Gasteiger partial charge on any atom is 0.342 e. The van der Waals surface area contributed by atoms with Gasteiger partial charge in [0.15, 0.2) is 5.60 Å². The number of carbonyl (C=O) groups is 2. The normalized spacial score (nSPS) is 45.7. The van der Waals surface area contributed by atoms with Gasteiger partial charge in [-0.05, 0) is 13.0 Å². The van der Waals surface area contributed by atoms with Crippen LogP contribution in [-0.2, 0) is 23.8 Å². The molecular formula is C20H20O6. The van der Waals surface area contributed by atoms with Gasteiger partial charge >= 0.3 is 11.9 Å². The second-order valence-electron chi connectivity index (χ2n) is 8.03. The zero-order valence-corrected chi connectivity index (χ0v) is 14.6. The molecule has 6 heteroatoms. The average molecular weight is 356 g/mol. The lowest BCUT2D eigenvalue weighted by Crippen LogP contribution is -2.46. The summed E-state index contributed by atoms with van der Waals surface area (Å²) in [5, 5.41) is 0. The molecule has 0 bridgehead atoms. The quantitative estimate of drug-likeness (QED) is 0.612. The van der Waals surface area contributed by atoms with Gasteiger partial charge in [-0.2, -0.15) is 0 Å². The van der Waals surface area contributed by atoms with Crippen molar-refractivity contribution in [2.75, 3.05) is 0 Å². The fourth-order valence-electron chi connectivity index (χ4n) is 4.68. The van der Waals surface area contributed by atoms with Gasteiger partial charge < -0.3 is 18.6 Å². The van der Waals surface area contributed by atoms with Crippen LogP contribution in [-0.4, -0.2) is 29.2 Å². The molecule has 4 heterocycles. The van der Waals surface area contributed by atoms with Gasteiger partial charge in [0.25, 0.3) is 0 Å². The second-order valence-corrected chi connectivity index (χ2v) is 8.03. The molecule has 0 radical (unpaired) electrons. The minimum atomic E-state index is -1.05. The first-order valence-electron chi connectivity index (χ1n) is 8.88. The summed E-state index contributed by atoms with van der Waals surface area (Å²) >= 11 is 0. The third-order valence-corrected chi connectivity index (χ3v) is 6.50. The van der Waals surface area contributed by atoms with Crippen molar-refractivity contribution in [1.29, 1.82) is 0 Å². The van der Waals surface area contributed by atoms with E-state index in [4.69, 9.17) is 18.6 Å². The van der Waals surface area contributed by atoms with Crippen molar-refractivity contribution >= 4 is 11.9 Å². The van der Waals surface area contributed by atoms with Crippen LogP contribution < -0.4 is 0 Å². The number of allylic oxidation sites excluding steroid dienone is 2. The van der Waals surface area contributed by atoms with Crippen LogP contribution in [0.5, 0.6) is 0 Å². The van der Waals surface area contributed by atoms with Crippen LogP contribution in [0.25, 0.3) is 0 Å². The van der Waals surface area contributed by atoms with E-state index in [2.05, 4.69) is 0 Å². The number of furan rings is 1. The fourth-order valence-corrected chi connectivity index (χ4v) is 4.68. The van der Waals surface area contributed by atoms with Gasteiger partial charge in [0.2, 0.25) is 0 Å². The maximum absolute atomic E-state index is 12.9. The number of fused-ring (bicyclic) bond motifs is 2. The summed E-state index contributed by atoms with van der Waals surface area (Å²) in [6.07, 6.45) is 10.8. The Kier molecular flexibility index (Phi) is 2.98. The van der Waals surface area contributed by atoms with Gasteiger partial charge in [0.1, 0.15) is 17.8 Å². The van der Waals surface area contributed by atoms with Crippen molar-refractivity contribution in [3.63, 3.8) is 0 Å². The van der Waals surface area contributed by atoms with E-state index in [9.17, 15) is 9.59 Å². The van der Waals surface area contributed by atoms with Crippen molar-refractivity contribution < 1.29 is 28.2 Å². The molecule has 0 aromatic carbocycles. The highest BCUT2D eigenvalue weighted by atomic mass is 16.7. The molecular weight excluding hydrogens is 336 g/mol. The van der Waals surface area contributed by atoms with Gasteiger partial charge in [-0.3, -0.25) is 4.79 Å². The first-order chi connectivity index (χ1) is 12.4. The molecule has 3 fully saturated rings. The zero-order chi connectivity index (χ0) is 18.2. The second kappa shape index (κ2) is 4.88. The van der Waals surface area contributed by atoms with Gasteiger partial charge in [-0.1, -0.05) is 31.2 Å². The number of ether oxygens (including phenoxy) is 3. The van der Waals surface area contributed by atoms with Crippen LogP contribution >= 0.6 is 0 Å². The van der Waals surface area contributed by atoms with Crippen LogP contribution in [0.15, 0.2) is 47.3 Å². The predicted molar refractivity (Wildman–Crippen MR) is 88.8 cm³/mol. The van der Waals surface area contributed by atoms with Crippen LogP contribution in [0.3, 0.4) is 0 Å². The molecule has 6 unspecified atom stereocenters. The highest BCUT2D eigenvalue weighted by Gasteiger charge is 2.77. The number of epoxide rings is 1.